The Morgan fingerprint density at radius 1 is 1.48 bits per heavy atom. The van der Waals surface area contributed by atoms with Crippen LogP contribution in [0.25, 0.3) is 0 Å². The van der Waals surface area contributed by atoms with Gasteiger partial charge in [-0.25, -0.2) is 27.9 Å². The van der Waals surface area contributed by atoms with E-state index in [9.17, 15) is 13.2 Å². The molecule has 2 heterocycles. The number of pyridine rings is 1. The first-order chi connectivity index (χ1) is 10.8. The molecular weight excluding hydrogens is 348 g/mol. The summed E-state index contributed by atoms with van der Waals surface area (Å²) < 4.78 is 30.9. The Hall–Kier alpha value is -2.40. The molecule has 1 aliphatic heterocycles. The van der Waals surface area contributed by atoms with Crippen LogP contribution < -0.4 is 10.0 Å². The third-order valence-corrected chi connectivity index (χ3v) is 4.39. The molecule has 1 aliphatic rings. The van der Waals surface area contributed by atoms with Gasteiger partial charge in [-0.3, -0.25) is 5.32 Å². The molecule has 0 saturated carbocycles. The summed E-state index contributed by atoms with van der Waals surface area (Å²) in [7, 11) is -1.07. The van der Waals surface area contributed by atoms with E-state index >= 15 is 0 Å². The number of aromatic nitrogens is 1. The number of nitrogens with zero attached hydrogens (tertiary/aromatic N) is 4. The number of guanidine groups is 1. The number of ether oxygens (including phenoxy) is 1. The van der Waals surface area contributed by atoms with E-state index in [0.29, 0.717) is 0 Å². The number of amidine groups is 1. The fourth-order valence-electron chi connectivity index (χ4n) is 1.59. The maximum absolute atomic E-state index is 12.1. The number of rotatable bonds is 2. The van der Waals surface area contributed by atoms with Crippen LogP contribution in [0.3, 0.4) is 0 Å². The molecule has 0 unspecified atom stereocenters. The van der Waals surface area contributed by atoms with E-state index in [4.69, 9.17) is 16.3 Å². The Morgan fingerprint density at radius 2 is 2.22 bits per heavy atom. The second-order valence-corrected chi connectivity index (χ2v) is 6.28. The van der Waals surface area contributed by atoms with Crippen molar-refractivity contribution in [2.75, 3.05) is 20.8 Å². The first-order valence-electron chi connectivity index (χ1n) is 6.16. The van der Waals surface area contributed by atoms with Crippen LogP contribution in [0, 0.1) is 0 Å². The summed E-state index contributed by atoms with van der Waals surface area (Å²) in [5, 5.41) is 1.97. The van der Waals surface area contributed by atoms with Gasteiger partial charge < -0.3 is 9.64 Å². The molecule has 1 aromatic rings. The summed E-state index contributed by atoms with van der Waals surface area (Å²) in [5.74, 6) is -0.0788. The predicted molar refractivity (Wildman–Crippen MR) is 82.6 cm³/mol. The number of hydrogen-bond donors (Lipinski definition) is 2. The predicted octanol–water partition coefficient (Wildman–Crippen LogP) is -0.0158. The van der Waals surface area contributed by atoms with Gasteiger partial charge in [0.25, 0.3) is 16.0 Å². The van der Waals surface area contributed by atoms with Crippen molar-refractivity contribution in [1.29, 1.82) is 0 Å². The number of carbonyl (C=O) groups is 1. The largest absolute Gasteiger partial charge is 0.468 e. The van der Waals surface area contributed by atoms with Crippen LogP contribution in [0.15, 0.2) is 33.2 Å². The molecule has 0 saturated heterocycles. The summed E-state index contributed by atoms with van der Waals surface area (Å²) in [4.78, 5) is 24.6. The molecule has 10 nitrogen and oxygen atoms in total. The molecule has 2 amide bonds. The summed E-state index contributed by atoms with van der Waals surface area (Å²) in [6.45, 7) is 0.198. The lowest BCUT2D eigenvalue weighted by Crippen LogP contribution is -2.44. The molecule has 0 aromatic carbocycles. The summed E-state index contributed by atoms with van der Waals surface area (Å²) in [6.07, 6.45) is 1.33. The summed E-state index contributed by atoms with van der Waals surface area (Å²) in [5.41, 5.74) is 0. The number of hydrogen-bond acceptors (Lipinski definition) is 8. The average Bonchev–Trinajstić information content (AvgIpc) is 2.48. The van der Waals surface area contributed by atoms with Gasteiger partial charge in [0.15, 0.2) is 0 Å². The zero-order chi connectivity index (χ0) is 17.0. The number of carbonyl (C=O) groups excluding carboxylic acids is 1. The number of aliphatic imine (C=N–C) groups is 2. The van der Waals surface area contributed by atoms with Crippen molar-refractivity contribution < 1.29 is 17.9 Å². The van der Waals surface area contributed by atoms with E-state index in [1.54, 1.807) is 16.7 Å². The van der Waals surface area contributed by atoms with E-state index < -0.39 is 16.1 Å². The Bertz CT molecular complexity index is 778. The Balaban J connectivity index is 2.09. The van der Waals surface area contributed by atoms with Crippen molar-refractivity contribution in [3.05, 3.63) is 23.5 Å². The maximum Gasteiger partial charge on any atom is 0.335 e. The van der Waals surface area contributed by atoms with E-state index in [0.717, 1.165) is 0 Å². The molecule has 0 aliphatic carbocycles. The Labute approximate surface area is 137 Å². The van der Waals surface area contributed by atoms with E-state index in [2.05, 4.69) is 20.3 Å². The molecule has 12 heteroatoms. The first kappa shape index (κ1) is 17.0. The second-order valence-electron chi connectivity index (χ2n) is 4.27. The van der Waals surface area contributed by atoms with Crippen LogP contribution in [-0.4, -0.2) is 57.1 Å². The van der Waals surface area contributed by atoms with E-state index in [1.165, 1.54) is 25.4 Å². The first-order valence-corrected chi connectivity index (χ1v) is 8.02. The normalized spacial score (nSPS) is 14.7. The quantitative estimate of drug-likeness (QED) is 0.714. The highest BCUT2D eigenvalue weighted by molar-refractivity contribution is 7.90. The SMILES string of the molecule is COC1=NC(NC(=O)NS(=O)(=O)c2cccnc2Cl)=NCN1C. The van der Waals surface area contributed by atoms with Crippen LogP contribution in [0.4, 0.5) is 4.79 Å². The molecule has 0 radical (unpaired) electrons. The van der Waals surface area contributed by atoms with Gasteiger partial charge in [0, 0.05) is 13.2 Å². The standard InChI is InChI=1S/C11H13ClN6O4S/c1-18-6-14-9(16-11(18)22-2)15-10(19)17-23(20,21)7-4-3-5-13-8(7)12/h3-5H,6H2,1-2H3,(H2,14,15,17,19). The van der Waals surface area contributed by atoms with Crippen LogP contribution >= 0.6 is 11.6 Å². The van der Waals surface area contributed by atoms with Crippen molar-refractivity contribution in [3.8, 4) is 0 Å². The van der Waals surface area contributed by atoms with Gasteiger partial charge in [-0.15, -0.1) is 0 Å². The number of methoxy groups -OCH3 is 1. The lowest BCUT2D eigenvalue weighted by atomic mass is 10.5. The van der Waals surface area contributed by atoms with Crippen LogP contribution in [0.1, 0.15) is 0 Å². The van der Waals surface area contributed by atoms with Gasteiger partial charge in [0.05, 0.1) is 7.11 Å². The number of amides is 2. The van der Waals surface area contributed by atoms with Gasteiger partial charge in [-0.1, -0.05) is 11.6 Å². The fourth-order valence-corrected chi connectivity index (χ4v) is 2.95. The monoisotopic (exact) mass is 360 g/mol. The third-order valence-electron chi connectivity index (χ3n) is 2.61. The minimum Gasteiger partial charge on any atom is -0.468 e. The molecule has 2 rings (SSSR count). The smallest absolute Gasteiger partial charge is 0.335 e. The number of urea groups is 1. The van der Waals surface area contributed by atoms with Crippen LogP contribution in [-0.2, 0) is 14.8 Å². The maximum atomic E-state index is 12.1. The number of sulfonamides is 1. The number of halogens is 1. The van der Waals surface area contributed by atoms with Gasteiger partial charge in [0.1, 0.15) is 16.7 Å². The van der Waals surface area contributed by atoms with Crippen molar-refractivity contribution in [2.45, 2.75) is 4.90 Å². The highest BCUT2D eigenvalue weighted by Gasteiger charge is 2.23. The topological polar surface area (TPSA) is 125 Å². The van der Waals surface area contributed by atoms with Gasteiger partial charge in [-0.2, -0.15) is 4.99 Å². The molecule has 23 heavy (non-hydrogen) atoms. The van der Waals surface area contributed by atoms with Gasteiger partial charge in [0.2, 0.25) is 5.96 Å². The molecule has 0 bridgehead atoms. The minimum atomic E-state index is -4.17. The third kappa shape index (κ3) is 4.07. The minimum absolute atomic E-state index is 0.0788. The van der Waals surface area contributed by atoms with Crippen LogP contribution in [0.5, 0.6) is 0 Å². The van der Waals surface area contributed by atoms with Gasteiger partial charge in [-0.05, 0) is 12.1 Å². The number of nitrogens with one attached hydrogen (secondary N) is 2. The van der Waals surface area contributed by atoms with Crippen LogP contribution in [0.2, 0.25) is 5.15 Å². The molecule has 124 valence electrons. The van der Waals surface area contributed by atoms with Crippen molar-refractivity contribution in [1.82, 2.24) is 19.9 Å². The average molecular weight is 361 g/mol. The van der Waals surface area contributed by atoms with Gasteiger partial charge >= 0.3 is 6.03 Å². The zero-order valence-corrected chi connectivity index (χ0v) is 13.7. The molecule has 0 atom stereocenters. The fraction of sp³-hybridized carbons (Fsp3) is 0.273. The van der Waals surface area contributed by atoms with Crippen molar-refractivity contribution in [3.63, 3.8) is 0 Å². The Morgan fingerprint density at radius 3 is 2.87 bits per heavy atom. The lowest BCUT2D eigenvalue weighted by Gasteiger charge is -2.21. The molecule has 0 fully saturated rings. The highest BCUT2D eigenvalue weighted by Crippen LogP contribution is 2.17. The van der Waals surface area contributed by atoms with E-state index in [-0.39, 0.29) is 28.7 Å². The Kier molecular flexibility index (Phi) is 5.01. The summed E-state index contributed by atoms with van der Waals surface area (Å²) in [6, 6.07) is 1.80. The van der Waals surface area contributed by atoms with E-state index in [1.807, 2.05) is 0 Å². The highest BCUT2D eigenvalue weighted by atomic mass is 35.5. The molecular formula is C11H13ClN6O4S. The molecule has 0 spiro atoms. The lowest BCUT2D eigenvalue weighted by molar-refractivity contribution is 0.249. The summed E-state index contributed by atoms with van der Waals surface area (Å²) >= 11 is 5.71. The zero-order valence-electron chi connectivity index (χ0n) is 12.1. The van der Waals surface area contributed by atoms with Crippen molar-refractivity contribution in [2.24, 2.45) is 9.98 Å². The second kappa shape index (κ2) is 6.79. The molecule has 2 N–H and O–H groups in total. The molecule has 1 aromatic heterocycles. The van der Waals surface area contributed by atoms with Crippen molar-refractivity contribution >= 4 is 39.6 Å².